The van der Waals surface area contributed by atoms with Crippen LogP contribution in [-0.2, 0) is 13.1 Å². The fraction of sp³-hybridized carbons (Fsp3) is 0.179. The van der Waals surface area contributed by atoms with Crippen molar-refractivity contribution in [3.8, 4) is 45.5 Å². The number of rotatable bonds is 14. The molecule has 0 aliphatic heterocycles. The third-order valence-electron chi connectivity index (χ3n) is 12.3. The van der Waals surface area contributed by atoms with Crippen LogP contribution in [0.5, 0.6) is 23.0 Å². The number of benzene rings is 6. The summed E-state index contributed by atoms with van der Waals surface area (Å²) in [5.41, 5.74) is 3.99. The number of nitrogens with zero attached hydrogens (tertiary/aromatic N) is 4. The molecule has 0 unspecified atom stereocenters. The Kier molecular flexibility index (Phi) is 15.9. The van der Waals surface area contributed by atoms with E-state index in [-0.39, 0.29) is 75.7 Å². The highest BCUT2D eigenvalue weighted by molar-refractivity contribution is 6.05. The molecule has 0 saturated heterocycles. The lowest BCUT2D eigenvalue weighted by atomic mass is 10.1. The standard InChI is InChI=1S/2C28H22F4N4O4/c29-19-3-1-2-16(12-19)15-33-27(39)36-24(17-4-5-17)14-23(35-36)22-13-20(8-11-25(22)37)34-26(38)18-6-9-21(10-7-18)40-28(30,31)32;29-22-4-2-1-3-18(22)15-33-27(39)36-24(16-5-6-16)14-23(35-36)21-13-19(9-12-25(21)37)34-26(38)17-7-10-20(11-8-17)40-28(30,31)32/h1-3,6-14,17,37H,4-5,15H2,(H,33,39)(H,34,38);1-4,7-14,16,37H,5-6,15H2,(H,33,39)(H,34,38). The van der Waals surface area contributed by atoms with Crippen LogP contribution >= 0.6 is 0 Å². The third-order valence-corrected chi connectivity index (χ3v) is 12.3. The molecule has 6 aromatic carbocycles. The predicted octanol–water partition coefficient (Wildman–Crippen LogP) is 12.4. The zero-order valence-corrected chi connectivity index (χ0v) is 41.4. The van der Waals surface area contributed by atoms with Crippen LogP contribution in [0.2, 0.25) is 0 Å². The van der Waals surface area contributed by atoms with Crippen LogP contribution in [0, 0.1) is 11.6 Å². The Morgan fingerprint density at radius 1 is 0.537 bits per heavy atom. The van der Waals surface area contributed by atoms with E-state index >= 15 is 0 Å². The molecule has 4 amide bonds. The van der Waals surface area contributed by atoms with Crippen molar-refractivity contribution in [3.05, 3.63) is 191 Å². The maximum absolute atomic E-state index is 14.0. The van der Waals surface area contributed by atoms with Gasteiger partial charge in [-0.1, -0.05) is 30.3 Å². The Hall–Kier alpha value is -9.74. The fourth-order valence-electron chi connectivity index (χ4n) is 8.17. The van der Waals surface area contributed by atoms with Crippen molar-refractivity contribution in [3.63, 3.8) is 0 Å². The molecule has 10 rings (SSSR count). The molecule has 6 N–H and O–H groups in total. The van der Waals surface area contributed by atoms with Gasteiger partial charge in [0.25, 0.3) is 11.8 Å². The zero-order valence-electron chi connectivity index (χ0n) is 41.4. The van der Waals surface area contributed by atoms with Gasteiger partial charge in [0, 0.05) is 64.1 Å². The molecule has 0 radical (unpaired) electrons. The minimum atomic E-state index is -4.85. The Morgan fingerprint density at radius 3 is 1.41 bits per heavy atom. The number of aromatic hydroxyl groups is 2. The van der Waals surface area contributed by atoms with Crippen LogP contribution in [0.25, 0.3) is 22.5 Å². The molecule has 80 heavy (non-hydrogen) atoms. The topological polar surface area (TPSA) is 211 Å². The van der Waals surface area contributed by atoms with Gasteiger partial charge >= 0.3 is 24.8 Å². The summed E-state index contributed by atoms with van der Waals surface area (Å²) in [4.78, 5) is 51.2. The van der Waals surface area contributed by atoms with Crippen LogP contribution in [0.4, 0.5) is 56.1 Å². The number of anilines is 2. The van der Waals surface area contributed by atoms with E-state index in [1.807, 2.05) is 0 Å². The number of hydrogen-bond donors (Lipinski definition) is 6. The van der Waals surface area contributed by atoms with Crippen molar-refractivity contribution in [1.82, 2.24) is 30.2 Å². The SMILES string of the molecule is O=C(Nc1ccc(O)c(-c2cc(C3CC3)n(C(=O)NCc3cccc(F)c3)n2)c1)c1ccc(OC(F)(F)F)cc1.O=C(Nc1ccc(O)c(-c2cc(C3CC3)n(C(=O)NCc3ccccc3F)n2)c1)c1ccc(OC(F)(F)F)cc1. The molecule has 2 aromatic heterocycles. The summed E-state index contributed by atoms with van der Waals surface area (Å²) in [7, 11) is 0. The Balaban J connectivity index is 0.000000194. The second kappa shape index (κ2) is 23.1. The maximum atomic E-state index is 14.0. The molecule has 2 aliphatic carbocycles. The molecule has 16 nitrogen and oxygen atoms in total. The Bertz CT molecular complexity index is 3600. The van der Waals surface area contributed by atoms with Crippen LogP contribution in [-0.4, -0.2) is 66.4 Å². The molecule has 2 fully saturated rings. The number of ether oxygens (including phenoxy) is 2. The maximum Gasteiger partial charge on any atom is 0.573 e. The lowest BCUT2D eigenvalue weighted by molar-refractivity contribution is -0.275. The van der Waals surface area contributed by atoms with E-state index in [4.69, 9.17) is 0 Å². The molecular formula is C56H44F8N8O8. The number of aromatic nitrogens is 4. The second-order valence-corrected chi connectivity index (χ2v) is 18.3. The Labute approximate surface area is 448 Å². The monoisotopic (exact) mass is 1110 g/mol. The third kappa shape index (κ3) is 14.2. The highest BCUT2D eigenvalue weighted by Crippen LogP contribution is 2.44. The van der Waals surface area contributed by atoms with Crippen molar-refractivity contribution in [2.45, 2.75) is 63.3 Å². The summed E-state index contributed by atoms with van der Waals surface area (Å²) < 4.78 is 112. The van der Waals surface area contributed by atoms with Gasteiger partial charge in [0.15, 0.2) is 0 Å². The summed E-state index contributed by atoms with van der Waals surface area (Å²) in [5.74, 6) is -3.05. The van der Waals surface area contributed by atoms with Crippen LogP contribution < -0.4 is 30.7 Å². The number of nitrogens with one attached hydrogen (secondary N) is 4. The quantitative estimate of drug-likeness (QED) is 0.0448. The summed E-state index contributed by atoms with van der Waals surface area (Å²) in [6.07, 6.45) is -6.23. The first-order valence-electron chi connectivity index (χ1n) is 24.4. The van der Waals surface area contributed by atoms with Gasteiger partial charge in [0.2, 0.25) is 0 Å². The van der Waals surface area contributed by atoms with Crippen molar-refractivity contribution < 1.29 is 74.0 Å². The second-order valence-electron chi connectivity index (χ2n) is 18.3. The molecular weight excluding hydrogens is 1060 g/mol. The van der Waals surface area contributed by atoms with Crippen molar-refractivity contribution >= 4 is 35.3 Å². The molecule has 2 saturated carbocycles. The van der Waals surface area contributed by atoms with E-state index in [1.165, 1.54) is 88.2 Å². The van der Waals surface area contributed by atoms with Gasteiger partial charge in [0.1, 0.15) is 34.6 Å². The first kappa shape index (κ1) is 55.0. The number of carbonyl (C=O) groups is 4. The van der Waals surface area contributed by atoms with Gasteiger partial charge in [0.05, 0.1) is 22.8 Å². The highest BCUT2D eigenvalue weighted by Gasteiger charge is 2.34. The molecule has 8 aromatic rings. The van der Waals surface area contributed by atoms with E-state index in [1.54, 1.807) is 42.5 Å². The smallest absolute Gasteiger partial charge is 0.507 e. The first-order valence-corrected chi connectivity index (χ1v) is 24.4. The van der Waals surface area contributed by atoms with E-state index in [0.717, 1.165) is 49.9 Å². The molecule has 0 bridgehead atoms. The molecule has 412 valence electrons. The molecule has 0 spiro atoms. The average Bonchev–Trinajstić information content (AvgIpc) is 4.42. The minimum Gasteiger partial charge on any atom is -0.507 e. The van der Waals surface area contributed by atoms with Crippen molar-refractivity contribution in [2.75, 3.05) is 10.6 Å². The number of phenolic OH excluding ortho intramolecular Hbond substituents is 2. The summed E-state index contributed by atoms with van der Waals surface area (Å²) >= 11 is 0. The summed E-state index contributed by atoms with van der Waals surface area (Å²) in [5, 5.41) is 40.5. The predicted molar refractivity (Wildman–Crippen MR) is 273 cm³/mol. The normalized spacial score (nSPS) is 13.1. The minimum absolute atomic E-state index is 0.0408. The van der Waals surface area contributed by atoms with Crippen LogP contribution in [0.1, 0.15) is 80.7 Å². The molecule has 2 heterocycles. The molecule has 2 aliphatic rings. The lowest BCUT2D eigenvalue weighted by Gasteiger charge is -2.10. The first-order chi connectivity index (χ1) is 38.1. The van der Waals surface area contributed by atoms with Gasteiger partial charge < -0.3 is 41.0 Å². The summed E-state index contributed by atoms with van der Waals surface area (Å²) in [6, 6.07) is 31.6. The van der Waals surface area contributed by atoms with Crippen molar-refractivity contribution in [2.24, 2.45) is 0 Å². The highest BCUT2D eigenvalue weighted by atomic mass is 19.4. The number of alkyl halides is 6. The van der Waals surface area contributed by atoms with Gasteiger partial charge in [-0.3, -0.25) is 9.59 Å². The lowest BCUT2D eigenvalue weighted by Crippen LogP contribution is -2.30. The van der Waals surface area contributed by atoms with E-state index < -0.39 is 59.7 Å². The van der Waals surface area contributed by atoms with Gasteiger partial charge in [-0.2, -0.15) is 19.6 Å². The largest absolute Gasteiger partial charge is 0.573 e. The number of hydrogen-bond acceptors (Lipinski definition) is 10. The number of carbonyl (C=O) groups excluding carboxylic acids is 4. The average molecular weight is 1110 g/mol. The number of phenols is 2. The zero-order chi connectivity index (χ0) is 56.9. The fourth-order valence-corrected chi connectivity index (χ4v) is 8.17. The Morgan fingerprint density at radius 2 is 0.988 bits per heavy atom. The number of amides is 4. The van der Waals surface area contributed by atoms with Crippen molar-refractivity contribution in [1.29, 1.82) is 0 Å². The van der Waals surface area contributed by atoms with Crippen LogP contribution in [0.3, 0.4) is 0 Å². The number of halogens is 8. The van der Waals surface area contributed by atoms with Crippen LogP contribution in [0.15, 0.2) is 146 Å². The summed E-state index contributed by atoms with van der Waals surface area (Å²) in [6.45, 7) is 0.0485. The van der Waals surface area contributed by atoms with Gasteiger partial charge in [-0.05, 0) is 147 Å². The molecule has 0 atom stereocenters. The van der Waals surface area contributed by atoms with E-state index in [2.05, 4.69) is 40.9 Å². The van der Waals surface area contributed by atoms with Gasteiger partial charge in [-0.15, -0.1) is 26.3 Å². The van der Waals surface area contributed by atoms with E-state index in [9.17, 15) is 64.5 Å². The molecule has 24 heteroatoms. The van der Waals surface area contributed by atoms with E-state index in [0.29, 0.717) is 28.2 Å². The van der Waals surface area contributed by atoms with Gasteiger partial charge in [-0.25, -0.2) is 18.4 Å².